The Kier molecular flexibility index (Phi) is 4.78. The predicted molar refractivity (Wildman–Crippen MR) is 64.5 cm³/mol. The van der Waals surface area contributed by atoms with Gasteiger partial charge in [-0.15, -0.1) is 0 Å². The van der Waals surface area contributed by atoms with Crippen LogP contribution in [0.4, 0.5) is 0 Å². The predicted octanol–water partition coefficient (Wildman–Crippen LogP) is 2.01. The molecular formula is C12H26N2O. The van der Waals surface area contributed by atoms with E-state index in [0.29, 0.717) is 12.1 Å². The molecule has 0 radical (unpaired) electrons. The summed E-state index contributed by atoms with van der Waals surface area (Å²) in [6, 6.07) is 0.979. The first-order valence-electron chi connectivity index (χ1n) is 5.69. The van der Waals surface area contributed by atoms with Gasteiger partial charge < -0.3 is 5.73 Å². The zero-order valence-electron chi connectivity index (χ0n) is 11.2. The fourth-order valence-electron chi connectivity index (χ4n) is 2.07. The molecule has 0 spiro atoms. The smallest absolute Gasteiger partial charge is 0.224 e. The molecule has 0 bridgehead atoms. The zero-order chi connectivity index (χ0) is 12.4. The normalized spacial score (nSPS) is 15.1. The summed E-state index contributed by atoms with van der Waals surface area (Å²) in [7, 11) is 0. The lowest BCUT2D eigenvalue weighted by molar-refractivity contribution is -0.130. The van der Waals surface area contributed by atoms with Crippen LogP contribution in [-0.2, 0) is 4.79 Å². The van der Waals surface area contributed by atoms with Gasteiger partial charge >= 0.3 is 0 Å². The van der Waals surface area contributed by atoms with E-state index in [1.807, 2.05) is 13.8 Å². The highest BCUT2D eigenvalue weighted by molar-refractivity contribution is 5.80. The van der Waals surface area contributed by atoms with Gasteiger partial charge in [0.05, 0.1) is 5.41 Å². The zero-order valence-corrected chi connectivity index (χ0v) is 11.2. The monoisotopic (exact) mass is 214 g/mol. The second-order valence-electron chi connectivity index (χ2n) is 5.40. The van der Waals surface area contributed by atoms with Crippen molar-refractivity contribution < 1.29 is 4.79 Å². The number of hydrogen-bond acceptors (Lipinski definition) is 2. The van der Waals surface area contributed by atoms with Gasteiger partial charge in [-0.3, -0.25) is 9.69 Å². The van der Waals surface area contributed by atoms with Gasteiger partial charge in [0.15, 0.2) is 0 Å². The lowest BCUT2D eigenvalue weighted by atomic mass is 9.82. The Balaban J connectivity index is 4.94. The molecule has 1 atom stereocenters. The topological polar surface area (TPSA) is 46.3 Å². The van der Waals surface area contributed by atoms with Gasteiger partial charge in [-0.05, 0) is 48.5 Å². The Hall–Kier alpha value is -0.570. The summed E-state index contributed by atoms with van der Waals surface area (Å²) in [4.78, 5) is 13.7. The van der Waals surface area contributed by atoms with Crippen molar-refractivity contribution in [2.24, 2.45) is 11.1 Å². The lowest BCUT2D eigenvalue weighted by Gasteiger charge is -2.43. The van der Waals surface area contributed by atoms with Gasteiger partial charge in [-0.1, -0.05) is 0 Å². The summed E-state index contributed by atoms with van der Waals surface area (Å²) < 4.78 is 0. The first-order chi connectivity index (χ1) is 6.62. The summed E-state index contributed by atoms with van der Waals surface area (Å²) >= 11 is 0. The molecule has 0 aromatic heterocycles. The summed E-state index contributed by atoms with van der Waals surface area (Å²) in [5.74, 6) is -0.235. The van der Waals surface area contributed by atoms with Crippen molar-refractivity contribution in [3.63, 3.8) is 0 Å². The maximum Gasteiger partial charge on any atom is 0.224 e. The fraction of sp³-hybridized carbons (Fsp3) is 0.917. The van der Waals surface area contributed by atoms with Crippen LogP contribution in [0.5, 0.6) is 0 Å². The molecule has 0 aliphatic carbocycles. The number of primary amides is 1. The van der Waals surface area contributed by atoms with Crippen LogP contribution in [0.3, 0.4) is 0 Å². The Morgan fingerprint density at radius 1 is 1.07 bits per heavy atom. The number of amides is 1. The summed E-state index contributed by atoms with van der Waals surface area (Å²) in [6.07, 6.45) is 0. The molecule has 0 aliphatic heterocycles. The number of carbonyl (C=O) groups excluding carboxylic acids is 1. The van der Waals surface area contributed by atoms with Crippen molar-refractivity contribution in [2.45, 2.75) is 66.6 Å². The van der Waals surface area contributed by atoms with Gasteiger partial charge in [-0.2, -0.15) is 0 Å². The molecule has 1 amide bonds. The van der Waals surface area contributed by atoms with Crippen molar-refractivity contribution in [1.29, 1.82) is 0 Å². The van der Waals surface area contributed by atoms with E-state index in [2.05, 4.69) is 39.5 Å². The van der Waals surface area contributed by atoms with E-state index >= 15 is 0 Å². The molecule has 0 fully saturated rings. The summed E-state index contributed by atoms with van der Waals surface area (Å²) in [5, 5.41) is 0. The molecule has 2 N–H and O–H groups in total. The first-order valence-corrected chi connectivity index (χ1v) is 5.69. The van der Waals surface area contributed by atoms with Crippen LogP contribution < -0.4 is 5.73 Å². The van der Waals surface area contributed by atoms with Gasteiger partial charge in [0.25, 0.3) is 0 Å². The van der Waals surface area contributed by atoms with Gasteiger partial charge in [0, 0.05) is 18.1 Å². The van der Waals surface area contributed by atoms with Crippen LogP contribution >= 0.6 is 0 Å². The maximum absolute atomic E-state index is 11.4. The number of nitrogens with two attached hydrogens (primary N) is 1. The average molecular weight is 214 g/mol. The van der Waals surface area contributed by atoms with Crippen molar-refractivity contribution >= 4 is 5.91 Å². The Bertz CT molecular complexity index is 214. The van der Waals surface area contributed by atoms with Crippen molar-refractivity contribution in [2.75, 3.05) is 0 Å². The third-order valence-corrected chi connectivity index (χ3v) is 3.32. The lowest BCUT2D eigenvalue weighted by Crippen LogP contribution is -2.54. The minimum absolute atomic E-state index is 0.148. The third kappa shape index (κ3) is 3.20. The standard InChI is InChI=1S/C12H26N2O/c1-8(2)14(9(3)4)10(5)12(6,7)11(13)15/h8-10H,1-7H3,(H2,13,15). The molecule has 0 aromatic carbocycles. The van der Waals surface area contributed by atoms with Crippen LogP contribution in [0.25, 0.3) is 0 Å². The fourth-order valence-corrected chi connectivity index (χ4v) is 2.07. The highest BCUT2D eigenvalue weighted by Gasteiger charge is 2.37. The van der Waals surface area contributed by atoms with E-state index in [0.717, 1.165) is 0 Å². The Morgan fingerprint density at radius 2 is 1.40 bits per heavy atom. The molecule has 90 valence electrons. The van der Waals surface area contributed by atoms with Crippen molar-refractivity contribution in [3.05, 3.63) is 0 Å². The van der Waals surface area contributed by atoms with E-state index < -0.39 is 5.41 Å². The van der Waals surface area contributed by atoms with Crippen LogP contribution in [0.15, 0.2) is 0 Å². The molecule has 0 aromatic rings. The van der Waals surface area contributed by atoms with E-state index in [1.54, 1.807) is 0 Å². The molecular weight excluding hydrogens is 188 g/mol. The van der Waals surface area contributed by atoms with E-state index in [-0.39, 0.29) is 11.9 Å². The molecule has 0 saturated carbocycles. The van der Waals surface area contributed by atoms with E-state index in [4.69, 9.17) is 5.73 Å². The molecule has 3 heteroatoms. The molecule has 0 heterocycles. The third-order valence-electron chi connectivity index (χ3n) is 3.32. The second-order valence-corrected chi connectivity index (χ2v) is 5.40. The van der Waals surface area contributed by atoms with Crippen molar-refractivity contribution in [1.82, 2.24) is 4.90 Å². The SMILES string of the molecule is CC(C)N(C(C)C)C(C)C(C)(C)C(N)=O. The van der Waals surface area contributed by atoms with E-state index in [9.17, 15) is 4.79 Å². The van der Waals surface area contributed by atoms with Crippen LogP contribution in [0.2, 0.25) is 0 Å². The quantitative estimate of drug-likeness (QED) is 0.761. The number of hydrogen-bond donors (Lipinski definition) is 1. The number of rotatable bonds is 5. The minimum atomic E-state index is -0.492. The molecule has 1 unspecified atom stereocenters. The first kappa shape index (κ1) is 14.4. The summed E-state index contributed by atoms with van der Waals surface area (Å²) in [6.45, 7) is 14.5. The van der Waals surface area contributed by atoms with Crippen LogP contribution in [0, 0.1) is 5.41 Å². The molecule has 15 heavy (non-hydrogen) atoms. The van der Waals surface area contributed by atoms with Gasteiger partial charge in [0.1, 0.15) is 0 Å². The van der Waals surface area contributed by atoms with Crippen molar-refractivity contribution in [3.8, 4) is 0 Å². The molecule has 3 nitrogen and oxygen atoms in total. The highest BCUT2D eigenvalue weighted by Crippen LogP contribution is 2.27. The van der Waals surface area contributed by atoms with E-state index in [1.165, 1.54) is 0 Å². The summed E-state index contributed by atoms with van der Waals surface area (Å²) in [5.41, 5.74) is 4.95. The number of nitrogens with zero attached hydrogens (tertiary/aromatic N) is 1. The highest BCUT2D eigenvalue weighted by atomic mass is 16.1. The Labute approximate surface area is 94.0 Å². The van der Waals surface area contributed by atoms with Crippen LogP contribution in [0.1, 0.15) is 48.5 Å². The largest absolute Gasteiger partial charge is 0.369 e. The molecule has 0 rings (SSSR count). The molecule has 0 saturated heterocycles. The maximum atomic E-state index is 11.4. The molecule has 0 aliphatic rings. The second kappa shape index (κ2) is 4.97. The average Bonchev–Trinajstić information content (AvgIpc) is 2.01. The van der Waals surface area contributed by atoms with Crippen LogP contribution in [-0.4, -0.2) is 28.9 Å². The minimum Gasteiger partial charge on any atom is -0.369 e. The van der Waals surface area contributed by atoms with Gasteiger partial charge in [-0.25, -0.2) is 0 Å². The number of carbonyl (C=O) groups is 1. The van der Waals surface area contributed by atoms with Gasteiger partial charge in [0.2, 0.25) is 5.91 Å². The Morgan fingerprint density at radius 3 is 1.60 bits per heavy atom.